The summed E-state index contributed by atoms with van der Waals surface area (Å²) in [6.45, 7) is 4.73. The maximum Gasteiger partial charge on any atom is 0.140 e. The van der Waals surface area contributed by atoms with Gasteiger partial charge in [-0.15, -0.1) is 0 Å². The van der Waals surface area contributed by atoms with Gasteiger partial charge in [-0.25, -0.2) is 0 Å². The lowest BCUT2D eigenvalue weighted by atomic mass is 9.80. The molecule has 0 aliphatic heterocycles. The van der Waals surface area contributed by atoms with Gasteiger partial charge < -0.3 is 4.42 Å². The number of allylic oxidation sites excluding steroid dienone is 4. The van der Waals surface area contributed by atoms with Gasteiger partial charge in [0.2, 0.25) is 0 Å². The highest BCUT2D eigenvalue weighted by Gasteiger charge is 2.40. The quantitative estimate of drug-likeness (QED) is 0.183. The minimum Gasteiger partial charge on any atom is -0.456 e. The molecule has 0 N–H and O–H groups in total. The van der Waals surface area contributed by atoms with E-state index in [2.05, 4.69) is 147 Å². The van der Waals surface area contributed by atoms with Gasteiger partial charge in [-0.3, -0.25) is 0 Å². The lowest BCUT2D eigenvalue weighted by Gasteiger charge is -2.22. The van der Waals surface area contributed by atoms with Gasteiger partial charge in [0.1, 0.15) is 11.2 Å². The van der Waals surface area contributed by atoms with Crippen LogP contribution in [0.2, 0.25) is 0 Å². The zero-order valence-corrected chi connectivity index (χ0v) is 26.0. The van der Waals surface area contributed by atoms with Gasteiger partial charge in [0.15, 0.2) is 0 Å². The molecular weight excluding hydrogens is 556 g/mol. The first-order valence-corrected chi connectivity index (χ1v) is 16.4. The van der Waals surface area contributed by atoms with E-state index in [1.807, 2.05) is 0 Å². The van der Waals surface area contributed by atoms with Gasteiger partial charge in [-0.2, -0.15) is 0 Å². The van der Waals surface area contributed by atoms with Crippen LogP contribution in [0, 0.1) is 0 Å². The molecule has 0 saturated carbocycles. The second kappa shape index (κ2) is 9.31. The van der Waals surface area contributed by atoms with Gasteiger partial charge in [0.05, 0.1) is 0 Å². The molecule has 0 fully saturated rings. The summed E-state index contributed by atoms with van der Waals surface area (Å²) in [7, 11) is 0. The summed E-state index contributed by atoms with van der Waals surface area (Å²) in [5.41, 5.74) is 12.4. The van der Waals surface area contributed by atoms with Crippen LogP contribution < -0.4 is 0 Å². The molecule has 0 amide bonds. The largest absolute Gasteiger partial charge is 0.456 e. The third-order valence-electron chi connectivity index (χ3n) is 10.7. The van der Waals surface area contributed by atoms with Crippen molar-refractivity contribution in [3.63, 3.8) is 0 Å². The first kappa shape index (κ1) is 25.9. The Bertz CT molecular complexity index is 2600. The number of hydrogen-bond donors (Lipinski definition) is 0. The smallest absolute Gasteiger partial charge is 0.140 e. The third-order valence-corrected chi connectivity index (χ3v) is 10.7. The van der Waals surface area contributed by atoms with Gasteiger partial charge >= 0.3 is 0 Å². The molecule has 7 aromatic carbocycles. The maximum absolute atomic E-state index is 6.76. The van der Waals surface area contributed by atoms with E-state index >= 15 is 0 Å². The molecule has 0 saturated heterocycles. The fourth-order valence-electron chi connectivity index (χ4n) is 8.71. The molecule has 2 aliphatic rings. The molecule has 8 aromatic rings. The average Bonchev–Trinajstić information content (AvgIpc) is 3.60. The van der Waals surface area contributed by atoms with E-state index in [1.54, 1.807) is 0 Å². The SMILES string of the molecule is CC1(C)c2ccc(-c3c4ccccc4c(C4=CC=CCC4)c4ccccc34)cc2-c2c1c1oc3ccccc3c1c1ccccc21. The van der Waals surface area contributed by atoms with Crippen LogP contribution in [0.25, 0.3) is 82.1 Å². The number of furan rings is 1. The molecular formula is C45H32O. The summed E-state index contributed by atoms with van der Waals surface area (Å²) in [5.74, 6) is 0. The lowest BCUT2D eigenvalue weighted by molar-refractivity contribution is 0.620. The van der Waals surface area contributed by atoms with Crippen molar-refractivity contribution in [2.24, 2.45) is 0 Å². The van der Waals surface area contributed by atoms with Crippen LogP contribution in [0.15, 0.2) is 138 Å². The summed E-state index contributed by atoms with van der Waals surface area (Å²) in [6, 6.07) is 42.7. The molecule has 1 aromatic heterocycles. The third kappa shape index (κ3) is 3.35. The van der Waals surface area contributed by atoms with Crippen molar-refractivity contribution in [3.8, 4) is 22.3 Å². The molecule has 10 rings (SSSR count). The number of hydrogen-bond acceptors (Lipinski definition) is 1. The zero-order chi connectivity index (χ0) is 30.6. The van der Waals surface area contributed by atoms with E-state index in [9.17, 15) is 0 Å². The minimum atomic E-state index is -0.214. The second-order valence-electron chi connectivity index (χ2n) is 13.5. The predicted molar refractivity (Wildman–Crippen MR) is 196 cm³/mol. The van der Waals surface area contributed by atoms with E-state index in [1.165, 1.54) is 87.6 Å². The van der Waals surface area contributed by atoms with E-state index in [-0.39, 0.29) is 5.41 Å². The number of fused-ring (bicyclic) bond motifs is 12. The highest BCUT2D eigenvalue weighted by molar-refractivity contribution is 6.25. The predicted octanol–water partition coefficient (Wildman–Crippen LogP) is 12.8. The van der Waals surface area contributed by atoms with Crippen molar-refractivity contribution in [2.75, 3.05) is 0 Å². The van der Waals surface area contributed by atoms with Gasteiger partial charge in [-0.05, 0) is 96.2 Å². The highest BCUT2D eigenvalue weighted by Crippen LogP contribution is 2.57. The van der Waals surface area contributed by atoms with E-state index in [4.69, 9.17) is 4.42 Å². The van der Waals surface area contributed by atoms with Crippen molar-refractivity contribution >= 4 is 59.8 Å². The van der Waals surface area contributed by atoms with Crippen LogP contribution in [-0.4, -0.2) is 0 Å². The molecule has 1 nitrogen and oxygen atoms in total. The summed E-state index contributed by atoms with van der Waals surface area (Å²) >= 11 is 0. The Morgan fingerprint density at radius 2 is 1.17 bits per heavy atom. The molecule has 2 aliphatic carbocycles. The number of para-hydroxylation sites is 1. The van der Waals surface area contributed by atoms with Crippen molar-refractivity contribution in [1.82, 2.24) is 0 Å². The molecule has 0 unspecified atom stereocenters. The summed E-state index contributed by atoms with van der Waals surface area (Å²) < 4.78 is 6.76. The van der Waals surface area contributed by atoms with Crippen LogP contribution in [0.3, 0.4) is 0 Å². The first-order chi connectivity index (χ1) is 22.6. The number of benzene rings is 7. The Hall–Kier alpha value is -5.40. The van der Waals surface area contributed by atoms with Crippen molar-refractivity contribution < 1.29 is 4.42 Å². The molecule has 1 heterocycles. The molecule has 0 atom stereocenters. The van der Waals surface area contributed by atoms with Gasteiger partial charge in [0, 0.05) is 21.8 Å². The molecule has 218 valence electrons. The minimum absolute atomic E-state index is 0.214. The van der Waals surface area contributed by atoms with Gasteiger partial charge in [0.25, 0.3) is 0 Å². The van der Waals surface area contributed by atoms with Crippen molar-refractivity contribution in [1.29, 1.82) is 0 Å². The maximum atomic E-state index is 6.76. The van der Waals surface area contributed by atoms with Crippen molar-refractivity contribution in [2.45, 2.75) is 32.1 Å². The normalized spacial score (nSPS) is 15.2. The number of rotatable bonds is 2. The van der Waals surface area contributed by atoms with Crippen LogP contribution in [0.1, 0.15) is 43.4 Å². The fraction of sp³-hybridized carbons (Fsp3) is 0.111. The summed E-state index contributed by atoms with van der Waals surface area (Å²) in [5, 5.41) is 10.2. The van der Waals surface area contributed by atoms with E-state index in [0.29, 0.717) is 0 Å². The molecule has 46 heavy (non-hydrogen) atoms. The topological polar surface area (TPSA) is 13.1 Å². The summed E-state index contributed by atoms with van der Waals surface area (Å²) in [4.78, 5) is 0. The molecule has 1 heteroatoms. The summed E-state index contributed by atoms with van der Waals surface area (Å²) in [6.07, 6.45) is 8.96. The monoisotopic (exact) mass is 588 g/mol. The zero-order valence-electron chi connectivity index (χ0n) is 26.0. The van der Waals surface area contributed by atoms with Gasteiger partial charge in [-0.1, -0.05) is 135 Å². The Balaban J connectivity index is 1.32. The fourth-order valence-corrected chi connectivity index (χ4v) is 8.71. The molecule has 0 spiro atoms. The standard InChI is InChI=1S/C45H32O/c1-45(2)37-25-24-28(40-31-18-8-6-16-29(31)39(27-14-4-3-5-15-27)30-17-7-9-19-32(30)40)26-36(37)41-33-20-10-11-21-34(33)42-35-22-12-13-23-38(35)46-44(42)43(41)45/h3-4,6-14,16-26H,5,15H2,1-2H3. The highest BCUT2D eigenvalue weighted by atomic mass is 16.3. The second-order valence-corrected chi connectivity index (χ2v) is 13.5. The Morgan fingerprint density at radius 3 is 1.83 bits per heavy atom. The first-order valence-electron chi connectivity index (χ1n) is 16.4. The van der Waals surface area contributed by atoms with Crippen LogP contribution in [0.5, 0.6) is 0 Å². The van der Waals surface area contributed by atoms with Crippen molar-refractivity contribution in [3.05, 3.63) is 150 Å². The Labute approximate surface area is 268 Å². The van der Waals surface area contributed by atoms with E-state index in [0.717, 1.165) is 24.0 Å². The average molecular weight is 589 g/mol. The van der Waals surface area contributed by atoms with Crippen LogP contribution in [-0.2, 0) is 5.41 Å². The van der Waals surface area contributed by atoms with Crippen LogP contribution in [0.4, 0.5) is 0 Å². The van der Waals surface area contributed by atoms with Crippen LogP contribution >= 0.6 is 0 Å². The molecule has 0 bridgehead atoms. The van der Waals surface area contributed by atoms with E-state index < -0.39 is 0 Å². The molecule has 0 radical (unpaired) electrons. The Kier molecular flexibility index (Phi) is 5.24. The lowest BCUT2D eigenvalue weighted by Crippen LogP contribution is -2.15. The Morgan fingerprint density at radius 1 is 0.587 bits per heavy atom.